The van der Waals surface area contributed by atoms with Gasteiger partial charge in [-0.3, -0.25) is 14.7 Å². The molecule has 124 valence electrons. The molecule has 2 aliphatic heterocycles. The molecule has 1 spiro atoms. The maximum Gasteiger partial charge on any atom is 0.254 e. The molecule has 4 nitrogen and oxygen atoms in total. The van der Waals surface area contributed by atoms with Gasteiger partial charge in [0.2, 0.25) is 0 Å². The van der Waals surface area contributed by atoms with Crippen LogP contribution in [-0.4, -0.2) is 45.9 Å². The van der Waals surface area contributed by atoms with Gasteiger partial charge in [-0.25, -0.2) is 0 Å². The number of carbonyl (C=O) groups is 1. The van der Waals surface area contributed by atoms with Crippen molar-refractivity contribution in [1.82, 2.24) is 14.8 Å². The first-order valence-electron chi connectivity index (χ1n) is 8.75. The van der Waals surface area contributed by atoms with E-state index in [1.54, 1.807) is 12.4 Å². The summed E-state index contributed by atoms with van der Waals surface area (Å²) in [6, 6.07) is 14.3. The summed E-state index contributed by atoms with van der Waals surface area (Å²) in [6.07, 6.45) is 6.88. The van der Waals surface area contributed by atoms with Gasteiger partial charge in [0.1, 0.15) is 0 Å². The van der Waals surface area contributed by atoms with Gasteiger partial charge in [0.05, 0.1) is 0 Å². The maximum atomic E-state index is 12.7. The molecule has 0 bridgehead atoms. The Hall–Kier alpha value is -2.20. The number of aromatic nitrogens is 1. The van der Waals surface area contributed by atoms with Crippen molar-refractivity contribution in [3.8, 4) is 0 Å². The molecule has 0 aliphatic carbocycles. The SMILES string of the molecule is O=C(c1ccncc1)N1CCC2(CCCN2Cc2ccccc2)C1. The zero-order valence-electron chi connectivity index (χ0n) is 13.9. The Morgan fingerprint density at radius 3 is 2.62 bits per heavy atom. The van der Waals surface area contributed by atoms with Crippen LogP contribution in [0, 0.1) is 0 Å². The first-order chi connectivity index (χ1) is 11.8. The van der Waals surface area contributed by atoms with Crippen LogP contribution >= 0.6 is 0 Å². The second kappa shape index (κ2) is 6.36. The van der Waals surface area contributed by atoms with Gasteiger partial charge in [0.25, 0.3) is 5.91 Å². The number of amides is 1. The van der Waals surface area contributed by atoms with E-state index in [4.69, 9.17) is 0 Å². The summed E-state index contributed by atoms with van der Waals surface area (Å²) in [5.41, 5.74) is 2.27. The number of hydrogen-bond acceptors (Lipinski definition) is 3. The lowest BCUT2D eigenvalue weighted by Crippen LogP contribution is -2.46. The molecule has 3 heterocycles. The molecule has 24 heavy (non-hydrogen) atoms. The molecular formula is C20H23N3O. The van der Waals surface area contributed by atoms with Gasteiger partial charge in [0, 0.05) is 43.1 Å². The number of likely N-dealkylation sites (tertiary alicyclic amines) is 2. The molecule has 1 amide bonds. The number of benzene rings is 1. The summed E-state index contributed by atoms with van der Waals surface area (Å²) in [6.45, 7) is 3.82. The molecule has 0 N–H and O–H groups in total. The van der Waals surface area contributed by atoms with Crippen molar-refractivity contribution in [2.75, 3.05) is 19.6 Å². The number of rotatable bonds is 3. The fraction of sp³-hybridized carbons (Fsp3) is 0.400. The third-order valence-corrected chi connectivity index (χ3v) is 5.50. The van der Waals surface area contributed by atoms with Crippen LogP contribution in [0.5, 0.6) is 0 Å². The lowest BCUT2D eigenvalue weighted by Gasteiger charge is -2.35. The van der Waals surface area contributed by atoms with Crippen molar-refractivity contribution in [3.05, 3.63) is 66.0 Å². The van der Waals surface area contributed by atoms with E-state index in [2.05, 4.69) is 40.2 Å². The van der Waals surface area contributed by atoms with E-state index >= 15 is 0 Å². The van der Waals surface area contributed by atoms with Crippen LogP contribution in [0.15, 0.2) is 54.9 Å². The van der Waals surface area contributed by atoms with Gasteiger partial charge in [-0.2, -0.15) is 0 Å². The van der Waals surface area contributed by atoms with Crippen LogP contribution < -0.4 is 0 Å². The monoisotopic (exact) mass is 321 g/mol. The fourth-order valence-electron chi connectivity index (χ4n) is 4.21. The van der Waals surface area contributed by atoms with Gasteiger partial charge in [0.15, 0.2) is 0 Å². The van der Waals surface area contributed by atoms with E-state index in [1.165, 1.54) is 18.4 Å². The Balaban J connectivity index is 1.48. The highest BCUT2D eigenvalue weighted by Gasteiger charge is 2.46. The molecule has 2 aromatic rings. The van der Waals surface area contributed by atoms with Crippen molar-refractivity contribution in [2.45, 2.75) is 31.3 Å². The number of pyridine rings is 1. The number of hydrogen-bond donors (Lipinski definition) is 0. The molecule has 0 radical (unpaired) electrons. The number of nitrogens with zero attached hydrogens (tertiary/aromatic N) is 3. The highest BCUT2D eigenvalue weighted by Crippen LogP contribution is 2.39. The van der Waals surface area contributed by atoms with E-state index in [0.717, 1.165) is 38.2 Å². The lowest BCUT2D eigenvalue weighted by molar-refractivity contribution is 0.0741. The Kier molecular flexibility index (Phi) is 4.07. The largest absolute Gasteiger partial charge is 0.337 e. The Morgan fingerprint density at radius 2 is 1.83 bits per heavy atom. The lowest BCUT2D eigenvalue weighted by atomic mass is 9.94. The van der Waals surface area contributed by atoms with Gasteiger partial charge in [-0.15, -0.1) is 0 Å². The minimum absolute atomic E-state index is 0.140. The van der Waals surface area contributed by atoms with E-state index < -0.39 is 0 Å². The molecular weight excluding hydrogens is 298 g/mol. The molecule has 4 heteroatoms. The van der Waals surface area contributed by atoms with Gasteiger partial charge >= 0.3 is 0 Å². The molecule has 4 rings (SSSR count). The van der Waals surface area contributed by atoms with E-state index in [-0.39, 0.29) is 11.4 Å². The van der Waals surface area contributed by atoms with E-state index in [1.807, 2.05) is 17.0 Å². The van der Waals surface area contributed by atoms with Crippen molar-refractivity contribution >= 4 is 5.91 Å². The summed E-state index contributed by atoms with van der Waals surface area (Å²) in [5, 5.41) is 0. The van der Waals surface area contributed by atoms with Crippen LogP contribution in [-0.2, 0) is 6.54 Å². The quantitative estimate of drug-likeness (QED) is 0.872. The Morgan fingerprint density at radius 1 is 1.04 bits per heavy atom. The van der Waals surface area contributed by atoms with Crippen molar-refractivity contribution < 1.29 is 4.79 Å². The summed E-state index contributed by atoms with van der Waals surface area (Å²) in [7, 11) is 0. The first-order valence-corrected chi connectivity index (χ1v) is 8.75. The highest BCUT2D eigenvalue weighted by atomic mass is 16.2. The van der Waals surface area contributed by atoms with E-state index in [9.17, 15) is 4.79 Å². The van der Waals surface area contributed by atoms with Crippen LogP contribution in [0.4, 0.5) is 0 Å². The van der Waals surface area contributed by atoms with E-state index in [0.29, 0.717) is 0 Å². The third-order valence-electron chi connectivity index (χ3n) is 5.50. The standard InChI is InChI=1S/C20H23N3O/c24-19(18-7-11-21-12-8-18)22-14-10-20(16-22)9-4-13-23(20)15-17-5-2-1-3-6-17/h1-3,5-8,11-12H,4,9-10,13-16H2. The van der Waals surface area contributed by atoms with Crippen molar-refractivity contribution in [2.24, 2.45) is 0 Å². The normalized spacial score (nSPS) is 23.9. The minimum Gasteiger partial charge on any atom is -0.337 e. The van der Waals surface area contributed by atoms with Crippen LogP contribution in [0.3, 0.4) is 0 Å². The maximum absolute atomic E-state index is 12.7. The topological polar surface area (TPSA) is 36.4 Å². The predicted octanol–water partition coefficient (Wildman–Crippen LogP) is 2.96. The molecule has 2 fully saturated rings. The second-order valence-corrected chi connectivity index (χ2v) is 6.95. The molecule has 2 saturated heterocycles. The Bertz CT molecular complexity index is 703. The molecule has 1 aromatic heterocycles. The van der Waals surface area contributed by atoms with Gasteiger partial charge in [-0.05, 0) is 43.5 Å². The zero-order valence-corrected chi connectivity index (χ0v) is 13.9. The zero-order chi connectivity index (χ0) is 16.4. The van der Waals surface area contributed by atoms with Crippen molar-refractivity contribution in [3.63, 3.8) is 0 Å². The highest BCUT2D eigenvalue weighted by molar-refractivity contribution is 5.94. The van der Waals surface area contributed by atoms with Crippen LogP contribution in [0.1, 0.15) is 35.2 Å². The summed E-state index contributed by atoms with van der Waals surface area (Å²) in [4.78, 5) is 21.4. The molecule has 2 aliphatic rings. The third kappa shape index (κ3) is 2.82. The smallest absolute Gasteiger partial charge is 0.254 e. The summed E-state index contributed by atoms with van der Waals surface area (Å²) < 4.78 is 0. The number of carbonyl (C=O) groups excluding carboxylic acids is 1. The average molecular weight is 321 g/mol. The summed E-state index contributed by atoms with van der Waals surface area (Å²) >= 11 is 0. The van der Waals surface area contributed by atoms with Gasteiger partial charge < -0.3 is 4.90 Å². The first kappa shape index (κ1) is 15.3. The van der Waals surface area contributed by atoms with Gasteiger partial charge in [-0.1, -0.05) is 30.3 Å². The molecule has 1 unspecified atom stereocenters. The van der Waals surface area contributed by atoms with Crippen LogP contribution in [0.25, 0.3) is 0 Å². The Labute approximate surface area is 143 Å². The molecule has 1 aromatic carbocycles. The molecule has 1 atom stereocenters. The van der Waals surface area contributed by atoms with Crippen molar-refractivity contribution in [1.29, 1.82) is 0 Å². The minimum atomic E-state index is 0.140. The molecule has 0 saturated carbocycles. The summed E-state index contributed by atoms with van der Waals surface area (Å²) in [5.74, 6) is 0.140. The fourth-order valence-corrected chi connectivity index (χ4v) is 4.21. The predicted molar refractivity (Wildman–Crippen MR) is 93.6 cm³/mol. The van der Waals surface area contributed by atoms with Crippen LogP contribution in [0.2, 0.25) is 0 Å². The second-order valence-electron chi connectivity index (χ2n) is 6.95. The average Bonchev–Trinajstić information content (AvgIpc) is 3.24.